The van der Waals surface area contributed by atoms with Crippen LogP contribution >= 0.6 is 23.4 Å². The molecule has 4 aromatic rings. The molecule has 1 saturated carbocycles. The molecule has 328 valence electrons. The molecule has 7 rings (SSSR count). The van der Waals surface area contributed by atoms with Crippen molar-refractivity contribution in [2.24, 2.45) is 17.1 Å². The van der Waals surface area contributed by atoms with Gasteiger partial charge >= 0.3 is 0 Å². The van der Waals surface area contributed by atoms with Gasteiger partial charge in [-0.15, -0.1) is 0 Å². The Morgan fingerprint density at radius 3 is 2.34 bits per heavy atom. The SMILES string of the molecule is CC(=O)c1cc(C(C)C)c(C)cc1O.CCCc1cc(CN2CCC3(CC2)CC(C(=O)Nc2cccc(Sc4ncc(N5CCC(C)(N)CC5)nc4N)c2Cl)C3)ccc1CC. The Morgan fingerprint density at radius 2 is 1.72 bits per heavy atom. The summed E-state index contributed by atoms with van der Waals surface area (Å²) >= 11 is 8.18. The van der Waals surface area contributed by atoms with Crippen LogP contribution < -0.4 is 21.7 Å². The normalized spacial score (nSPS) is 17.4. The second-order valence-corrected chi connectivity index (χ2v) is 19.7. The molecule has 10 nitrogen and oxygen atoms in total. The van der Waals surface area contributed by atoms with Crippen molar-refractivity contribution in [3.05, 3.63) is 93.1 Å². The molecule has 3 fully saturated rings. The van der Waals surface area contributed by atoms with Gasteiger partial charge in [-0.1, -0.05) is 81.7 Å². The Labute approximate surface area is 372 Å². The van der Waals surface area contributed by atoms with Crippen molar-refractivity contribution in [3.8, 4) is 5.75 Å². The van der Waals surface area contributed by atoms with Crippen LogP contribution in [0.5, 0.6) is 5.75 Å². The number of phenols is 1. The highest BCUT2D eigenvalue weighted by Gasteiger charge is 2.48. The lowest BCUT2D eigenvalue weighted by molar-refractivity contribution is -0.129. The minimum absolute atomic E-state index is 0.0214. The van der Waals surface area contributed by atoms with Crippen molar-refractivity contribution in [3.63, 3.8) is 0 Å². The minimum atomic E-state index is -0.138. The maximum atomic E-state index is 13.3. The third-order valence-electron chi connectivity index (χ3n) is 13.0. The second-order valence-electron chi connectivity index (χ2n) is 18.3. The lowest BCUT2D eigenvalue weighted by atomic mass is 9.57. The Morgan fingerprint density at radius 1 is 1.02 bits per heavy atom. The molecule has 1 amide bonds. The number of likely N-dealkylation sites (tertiary alicyclic amines) is 1. The van der Waals surface area contributed by atoms with Crippen molar-refractivity contribution >= 4 is 52.4 Å². The molecular weight excluding hydrogens is 802 g/mol. The summed E-state index contributed by atoms with van der Waals surface area (Å²) in [6, 6.07) is 16.2. The molecular formula is C49H66ClN7O3S. The highest BCUT2D eigenvalue weighted by molar-refractivity contribution is 7.99. The Bertz CT molecular complexity index is 2190. The van der Waals surface area contributed by atoms with Crippen molar-refractivity contribution < 1.29 is 14.7 Å². The molecule has 12 heteroatoms. The van der Waals surface area contributed by atoms with Crippen LogP contribution in [0.15, 0.2) is 64.6 Å². The first-order valence-corrected chi connectivity index (χ1v) is 23.3. The number of hydrogen-bond acceptors (Lipinski definition) is 10. The predicted molar refractivity (Wildman–Crippen MR) is 251 cm³/mol. The van der Waals surface area contributed by atoms with Gasteiger partial charge in [0.2, 0.25) is 5.91 Å². The van der Waals surface area contributed by atoms with E-state index in [1.165, 1.54) is 41.8 Å². The maximum absolute atomic E-state index is 13.3. The van der Waals surface area contributed by atoms with E-state index in [1.54, 1.807) is 18.3 Å². The number of amides is 1. The van der Waals surface area contributed by atoms with E-state index >= 15 is 0 Å². The first-order chi connectivity index (χ1) is 29.0. The molecule has 0 radical (unpaired) electrons. The number of benzene rings is 3. The average molecular weight is 869 g/mol. The molecule has 1 spiro atoms. The third kappa shape index (κ3) is 11.5. The van der Waals surface area contributed by atoms with Gasteiger partial charge in [-0.3, -0.25) is 14.5 Å². The van der Waals surface area contributed by atoms with Gasteiger partial charge in [0.15, 0.2) is 11.6 Å². The number of piperidine rings is 2. The fourth-order valence-electron chi connectivity index (χ4n) is 9.15. The number of nitrogen functional groups attached to an aromatic ring is 1. The van der Waals surface area contributed by atoms with E-state index < -0.39 is 0 Å². The molecule has 1 aliphatic carbocycles. The third-order valence-corrected chi connectivity index (χ3v) is 14.6. The highest BCUT2D eigenvalue weighted by atomic mass is 35.5. The van der Waals surface area contributed by atoms with E-state index in [4.69, 9.17) is 23.1 Å². The number of ketones is 1. The quantitative estimate of drug-likeness (QED) is 0.101. The molecule has 1 aromatic heterocycles. The number of rotatable bonds is 12. The number of nitrogens with zero attached hydrogens (tertiary/aromatic N) is 4. The zero-order chi connectivity index (χ0) is 44.1. The second kappa shape index (κ2) is 19.9. The van der Waals surface area contributed by atoms with Gasteiger partial charge in [0.05, 0.1) is 22.5 Å². The Balaban J connectivity index is 0.000000378. The Kier molecular flexibility index (Phi) is 15.1. The van der Waals surface area contributed by atoms with Gasteiger partial charge < -0.3 is 26.8 Å². The van der Waals surface area contributed by atoms with Crippen LogP contribution in [0.1, 0.15) is 131 Å². The van der Waals surface area contributed by atoms with Gasteiger partial charge in [-0.05, 0) is 149 Å². The van der Waals surface area contributed by atoms with E-state index in [1.807, 2.05) is 25.1 Å². The summed E-state index contributed by atoms with van der Waals surface area (Å²) in [5.74, 6) is 1.56. The van der Waals surface area contributed by atoms with Gasteiger partial charge in [0, 0.05) is 36.0 Å². The molecule has 3 aromatic carbocycles. The number of phenolic OH excluding ortho intramolecular Hbond substituents is 1. The largest absolute Gasteiger partial charge is 0.507 e. The van der Waals surface area contributed by atoms with Crippen LogP contribution in [-0.4, -0.2) is 63.4 Å². The molecule has 0 unspecified atom stereocenters. The van der Waals surface area contributed by atoms with Crippen molar-refractivity contribution in [2.75, 3.05) is 42.1 Å². The van der Waals surface area contributed by atoms with Gasteiger partial charge in [-0.25, -0.2) is 9.97 Å². The number of aromatic hydroxyl groups is 1. The number of Topliss-reactive ketones (excluding diaryl/α,β-unsaturated/α-hetero) is 1. The monoisotopic (exact) mass is 867 g/mol. The maximum Gasteiger partial charge on any atom is 0.227 e. The fraction of sp³-hybridized carbons (Fsp3) is 0.510. The zero-order valence-corrected chi connectivity index (χ0v) is 38.8. The van der Waals surface area contributed by atoms with Crippen molar-refractivity contribution in [2.45, 2.75) is 134 Å². The molecule has 0 bridgehead atoms. The van der Waals surface area contributed by atoms with Crippen LogP contribution in [0.25, 0.3) is 0 Å². The zero-order valence-electron chi connectivity index (χ0n) is 37.2. The summed E-state index contributed by atoms with van der Waals surface area (Å²) in [4.78, 5) is 39.3. The first kappa shape index (κ1) is 46.3. The number of aryl methyl sites for hydroxylation is 3. The van der Waals surface area contributed by atoms with Gasteiger partial charge in [0.1, 0.15) is 16.6 Å². The van der Waals surface area contributed by atoms with Crippen LogP contribution in [-0.2, 0) is 24.2 Å². The number of aromatic nitrogens is 2. The summed E-state index contributed by atoms with van der Waals surface area (Å²) in [6.45, 7) is 19.0. The Hall–Kier alpha value is -4.16. The molecule has 0 atom stereocenters. The topological polar surface area (TPSA) is 151 Å². The van der Waals surface area contributed by atoms with E-state index in [0.29, 0.717) is 38.5 Å². The summed E-state index contributed by atoms with van der Waals surface area (Å²) in [5, 5.41) is 13.7. The number of nitrogens with two attached hydrogens (primary N) is 2. The average Bonchev–Trinajstić information content (AvgIpc) is 3.20. The molecule has 3 heterocycles. The number of hydrogen-bond donors (Lipinski definition) is 4. The number of carbonyl (C=O) groups excluding carboxylic acids is 2. The molecule has 3 aliphatic rings. The highest BCUT2D eigenvalue weighted by Crippen LogP contribution is 2.53. The van der Waals surface area contributed by atoms with Gasteiger partial charge in [0.25, 0.3) is 0 Å². The van der Waals surface area contributed by atoms with Crippen LogP contribution in [0, 0.1) is 18.3 Å². The van der Waals surface area contributed by atoms with E-state index in [2.05, 4.69) is 77.9 Å². The molecule has 61 heavy (non-hydrogen) atoms. The lowest BCUT2D eigenvalue weighted by Crippen LogP contribution is -2.49. The number of carbonyl (C=O) groups is 2. The number of nitrogens with one attached hydrogen (secondary N) is 1. The summed E-state index contributed by atoms with van der Waals surface area (Å²) < 4.78 is 0. The smallest absolute Gasteiger partial charge is 0.227 e. The van der Waals surface area contributed by atoms with Crippen molar-refractivity contribution in [1.82, 2.24) is 14.9 Å². The van der Waals surface area contributed by atoms with E-state index in [0.717, 1.165) is 106 Å². The lowest BCUT2D eigenvalue weighted by Gasteiger charge is -2.51. The molecule has 2 aliphatic heterocycles. The standard InChI is InChI=1S/C37H50ClN7OS.C12H16O2/c1-4-7-27-20-25(10-11-26(27)5-2)24-44-16-14-37(15-17-44)21-28(22-37)34(46)42-29-8-6-9-30(32(29)38)47-35-33(39)43-31(23-41-35)45-18-12-36(3,40)13-19-45;1-7(2)10-6-11(9(4)13)12(14)5-8(10)3/h6,8-11,20,23,28H,4-5,7,12-19,21-22,24,40H2,1-3H3,(H2,39,43)(H,42,46);5-7,14H,1-4H3. The summed E-state index contributed by atoms with van der Waals surface area (Å²) in [6.07, 6.45) is 11.2. The number of halogens is 1. The van der Waals surface area contributed by atoms with Crippen molar-refractivity contribution in [1.29, 1.82) is 0 Å². The fourth-order valence-corrected chi connectivity index (χ4v) is 10.2. The summed E-state index contributed by atoms with van der Waals surface area (Å²) in [5.41, 5.74) is 20.4. The first-order valence-electron chi connectivity index (χ1n) is 22.1. The van der Waals surface area contributed by atoms with Crippen LogP contribution in [0.3, 0.4) is 0 Å². The minimum Gasteiger partial charge on any atom is -0.507 e. The predicted octanol–water partition coefficient (Wildman–Crippen LogP) is 10.4. The molecule has 2 saturated heterocycles. The van der Waals surface area contributed by atoms with Gasteiger partial charge in [-0.2, -0.15) is 0 Å². The van der Waals surface area contributed by atoms with E-state index in [-0.39, 0.29) is 28.9 Å². The summed E-state index contributed by atoms with van der Waals surface area (Å²) in [7, 11) is 0. The van der Waals surface area contributed by atoms with E-state index in [9.17, 15) is 14.7 Å². The van der Waals surface area contributed by atoms with Crippen LogP contribution in [0.2, 0.25) is 5.02 Å². The molecule has 6 N–H and O–H groups in total. The number of anilines is 3. The van der Waals surface area contributed by atoms with Crippen LogP contribution in [0.4, 0.5) is 17.3 Å².